The van der Waals surface area contributed by atoms with E-state index in [9.17, 15) is 4.79 Å². The second kappa shape index (κ2) is 8.69. The van der Waals surface area contributed by atoms with Gasteiger partial charge in [-0.2, -0.15) is 0 Å². The summed E-state index contributed by atoms with van der Waals surface area (Å²) in [7, 11) is 0. The van der Waals surface area contributed by atoms with E-state index in [-0.39, 0.29) is 5.91 Å². The highest BCUT2D eigenvalue weighted by Crippen LogP contribution is 2.19. The highest BCUT2D eigenvalue weighted by molar-refractivity contribution is 5.98. The molecule has 1 saturated heterocycles. The largest absolute Gasteiger partial charge is 0.365 e. The highest BCUT2D eigenvalue weighted by Gasteiger charge is 2.21. The van der Waals surface area contributed by atoms with Crippen molar-refractivity contribution in [1.82, 2.24) is 19.4 Å². The number of amides is 1. The molecular formula is C22H25N5O. The van der Waals surface area contributed by atoms with Crippen molar-refractivity contribution in [3.63, 3.8) is 0 Å². The van der Waals surface area contributed by atoms with Gasteiger partial charge in [0.1, 0.15) is 5.82 Å². The summed E-state index contributed by atoms with van der Waals surface area (Å²) < 4.78 is 2.04. The van der Waals surface area contributed by atoms with Gasteiger partial charge in [0, 0.05) is 44.8 Å². The molecule has 2 aromatic heterocycles. The van der Waals surface area contributed by atoms with Crippen molar-refractivity contribution < 1.29 is 4.79 Å². The first-order valence-electron chi connectivity index (χ1n) is 9.81. The van der Waals surface area contributed by atoms with Gasteiger partial charge in [-0.15, -0.1) is 0 Å². The van der Waals surface area contributed by atoms with Gasteiger partial charge in [0.05, 0.1) is 11.9 Å². The van der Waals surface area contributed by atoms with E-state index in [0.29, 0.717) is 17.9 Å². The molecule has 0 aliphatic carbocycles. The summed E-state index contributed by atoms with van der Waals surface area (Å²) in [6, 6.07) is 12.1. The number of hydrogen-bond acceptors (Lipinski definition) is 4. The normalized spacial score (nSPS) is 14.1. The summed E-state index contributed by atoms with van der Waals surface area (Å²) in [5, 5.41) is 3.34. The molecule has 0 radical (unpaired) electrons. The maximum atomic E-state index is 12.9. The van der Waals surface area contributed by atoms with Crippen molar-refractivity contribution in [2.45, 2.75) is 32.4 Å². The Morgan fingerprint density at radius 1 is 1.00 bits per heavy atom. The van der Waals surface area contributed by atoms with Crippen molar-refractivity contribution in [1.29, 1.82) is 0 Å². The molecule has 1 aliphatic heterocycles. The van der Waals surface area contributed by atoms with Crippen LogP contribution >= 0.6 is 0 Å². The molecule has 1 aliphatic rings. The number of piperidine rings is 1. The zero-order valence-electron chi connectivity index (χ0n) is 15.9. The molecule has 1 N–H and O–H groups in total. The molecule has 0 bridgehead atoms. The summed E-state index contributed by atoms with van der Waals surface area (Å²) in [6.45, 7) is 3.11. The van der Waals surface area contributed by atoms with E-state index in [1.54, 1.807) is 12.4 Å². The average Bonchev–Trinajstić information content (AvgIpc) is 3.27. The minimum absolute atomic E-state index is 0.0750. The van der Waals surface area contributed by atoms with Gasteiger partial charge < -0.3 is 14.8 Å². The number of carbonyl (C=O) groups is 1. The summed E-state index contributed by atoms with van der Waals surface area (Å²) in [4.78, 5) is 23.3. The third-order valence-corrected chi connectivity index (χ3v) is 5.09. The Labute approximate surface area is 165 Å². The molecular weight excluding hydrogens is 350 g/mol. The van der Waals surface area contributed by atoms with Gasteiger partial charge in [-0.25, -0.2) is 9.97 Å². The maximum absolute atomic E-state index is 12.9. The fourth-order valence-electron chi connectivity index (χ4n) is 3.53. The minimum atomic E-state index is 0.0750. The molecule has 1 aromatic carbocycles. The molecule has 0 unspecified atom stereocenters. The van der Waals surface area contributed by atoms with E-state index < -0.39 is 0 Å². The SMILES string of the molecule is O=C(c1cccnc1NCc1ccc(Cn2ccnc2)cc1)N1CCCCC1. The third-order valence-electron chi connectivity index (χ3n) is 5.09. The Morgan fingerprint density at radius 2 is 1.79 bits per heavy atom. The van der Waals surface area contributed by atoms with E-state index in [4.69, 9.17) is 0 Å². The zero-order chi connectivity index (χ0) is 19.2. The van der Waals surface area contributed by atoms with Gasteiger partial charge in [-0.05, 0) is 42.5 Å². The Balaban J connectivity index is 1.40. The fourth-order valence-corrected chi connectivity index (χ4v) is 3.53. The van der Waals surface area contributed by atoms with Crippen molar-refractivity contribution in [2.75, 3.05) is 18.4 Å². The number of carbonyl (C=O) groups excluding carboxylic acids is 1. The first-order valence-corrected chi connectivity index (χ1v) is 9.81. The Kier molecular flexibility index (Phi) is 5.66. The summed E-state index contributed by atoms with van der Waals surface area (Å²) in [6.07, 6.45) is 10.7. The first-order chi connectivity index (χ1) is 13.8. The van der Waals surface area contributed by atoms with Crippen LogP contribution in [0.2, 0.25) is 0 Å². The molecule has 1 amide bonds. The van der Waals surface area contributed by atoms with Crippen LogP contribution in [0.1, 0.15) is 40.7 Å². The van der Waals surface area contributed by atoms with Crippen LogP contribution in [-0.4, -0.2) is 38.4 Å². The predicted molar refractivity (Wildman–Crippen MR) is 109 cm³/mol. The lowest BCUT2D eigenvalue weighted by atomic mass is 10.1. The number of pyridine rings is 1. The van der Waals surface area contributed by atoms with Crippen LogP contribution in [0.15, 0.2) is 61.3 Å². The van der Waals surface area contributed by atoms with E-state index in [2.05, 4.69) is 39.6 Å². The van der Waals surface area contributed by atoms with Crippen LogP contribution in [-0.2, 0) is 13.1 Å². The average molecular weight is 375 g/mol. The number of rotatable bonds is 6. The topological polar surface area (TPSA) is 63.1 Å². The second-order valence-corrected chi connectivity index (χ2v) is 7.16. The molecule has 0 atom stereocenters. The number of benzene rings is 1. The van der Waals surface area contributed by atoms with Gasteiger partial charge in [-0.1, -0.05) is 24.3 Å². The number of likely N-dealkylation sites (tertiary alicyclic amines) is 1. The lowest BCUT2D eigenvalue weighted by Crippen LogP contribution is -2.36. The van der Waals surface area contributed by atoms with Gasteiger partial charge in [0.15, 0.2) is 0 Å². The lowest BCUT2D eigenvalue weighted by molar-refractivity contribution is 0.0725. The number of anilines is 1. The van der Waals surface area contributed by atoms with Crippen LogP contribution in [0, 0.1) is 0 Å². The third kappa shape index (κ3) is 4.39. The Hall–Kier alpha value is -3.15. The Morgan fingerprint density at radius 3 is 2.54 bits per heavy atom. The molecule has 1 fully saturated rings. The molecule has 28 heavy (non-hydrogen) atoms. The first kappa shape index (κ1) is 18.2. The molecule has 0 spiro atoms. The van der Waals surface area contributed by atoms with E-state index in [0.717, 1.165) is 38.0 Å². The number of aromatic nitrogens is 3. The number of imidazole rings is 1. The summed E-state index contributed by atoms with van der Waals surface area (Å²) >= 11 is 0. The van der Waals surface area contributed by atoms with Gasteiger partial charge in [-0.3, -0.25) is 4.79 Å². The molecule has 6 heteroatoms. The standard InChI is InChI=1S/C22H25N5O/c28-22(27-12-2-1-3-13-27)20-5-4-10-24-21(20)25-15-18-6-8-19(9-7-18)16-26-14-11-23-17-26/h4-11,14,17H,1-3,12-13,15-16H2,(H,24,25). The molecule has 6 nitrogen and oxygen atoms in total. The van der Waals surface area contributed by atoms with Crippen LogP contribution in [0.3, 0.4) is 0 Å². The quantitative estimate of drug-likeness (QED) is 0.715. The predicted octanol–water partition coefficient (Wildman–Crippen LogP) is 3.56. The molecule has 3 aromatic rings. The zero-order valence-corrected chi connectivity index (χ0v) is 15.9. The van der Waals surface area contributed by atoms with Crippen molar-refractivity contribution in [3.8, 4) is 0 Å². The minimum Gasteiger partial charge on any atom is -0.365 e. The number of hydrogen-bond donors (Lipinski definition) is 1. The van der Waals surface area contributed by atoms with Crippen molar-refractivity contribution in [3.05, 3.63) is 78.0 Å². The van der Waals surface area contributed by atoms with Crippen molar-refractivity contribution >= 4 is 11.7 Å². The summed E-state index contributed by atoms with van der Waals surface area (Å²) in [5.74, 6) is 0.728. The van der Waals surface area contributed by atoms with Gasteiger partial charge >= 0.3 is 0 Å². The number of nitrogens with one attached hydrogen (secondary N) is 1. The lowest BCUT2D eigenvalue weighted by Gasteiger charge is -2.27. The smallest absolute Gasteiger partial charge is 0.257 e. The van der Waals surface area contributed by atoms with Crippen molar-refractivity contribution in [2.24, 2.45) is 0 Å². The molecule has 4 rings (SSSR count). The van der Waals surface area contributed by atoms with E-state index in [1.165, 1.54) is 12.0 Å². The molecule has 3 heterocycles. The molecule has 0 saturated carbocycles. The van der Waals surface area contributed by atoms with Crippen LogP contribution in [0.5, 0.6) is 0 Å². The monoisotopic (exact) mass is 375 g/mol. The summed E-state index contributed by atoms with van der Waals surface area (Å²) in [5.41, 5.74) is 3.03. The Bertz CT molecular complexity index is 899. The van der Waals surface area contributed by atoms with Crippen LogP contribution < -0.4 is 5.32 Å². The van der Waals surface area contributed by atoms with E-state index >= 15 is 0 Å². The van der Waals surface area contributed by atoms with Crippen LogP contribution in [0.25, 0.3) is 0 Å². The number of nitrogens with zero attached hydrogens (tertiary/aromatic N) is 4. The highest BCUT2D eigenvalue weighted by atomic mass is 16.2. The van der Waals surface area contributed by atoms with Gasteiger partial charge in [0.2, 0.25) is 0 Å². The second-order valence-electron chi connectivity index (χ2n) is 7.16. The van der Waals surface area contributed by atoms with Gasteiger partial charge in [0.25, 0.3) is 5.91 Å². The maximum Gasteiger partial charge on any atom is 0.257 e. The van der Waals surface area contributed by atoms with E-state index in [1.807, 2.05) is 34.1 Å². The van der Waals surface area contributed by atoms with Crippen LogP contribution in [0.4, 0.5) is 5.82 Å². The fraction of sp³-hybridized carbons (Fsp3) is 0.318. The molecule has 144 valence electrons.